The van der Waals surface area contributed by atoms with Gasteiger partial charge in [-0.15, -0.1) is 0 Å². The zero-order valence-corrected chi connectivity index (χ0v) is 21.0. The molecule has 2 N–H and O–H groups in total. The monoisotopic (exact) mass is 516 g/mol. The zero-order chi connectivity index (χ0) is 23.5. The smallest absolute Gasteiger partial charge is 0.321 e. The zero-order valence-electron chi connectivity index (χ0n) is 19.4. The molecule has 0 aromatic heterocycles. The van der Waals surface area contributed by atoms with E-state index in [1.54, 1.807) is 7.11 Å². The number of nitrogens with one attached hydrogen (secondary N) is 1. The lowest BCUT2D eigenvalue weighted by atomic mass is 9.74. The molecule has 7 nitrogen and oxygen atoms in total. The number of halogens is 1. The molecule has 178 valence electrons. The molecular weight excluding hydrogens is 484 g/mol. The number of benzene rings is 2. The summed E-state index contributed by atoms with van der Waals surface area (Å²) in [5, 5.41) is 13.3. The SMILES string of the molecule is COc1ccc(NC(=O)N2CC[C@@H](N(C)C)CN3[C@H](CO)[C@H](c4ccc(Br)cc4)[C@@H]3C2)cc1. The topological polar surface area (TPSA) is 68.3 Å². The van der Waals surface area contributed by atoms with Crippen molar-refractivity contribution in [1.82, 2.24) is 14.7 Å². The van der Waals surface area contributed by atoms with Gasteiger partial charge in [0.1, 0.15) is 5.75 Å². The van der Waals surface area contributed by atoms with Gasteiger partial charge in [0.2, 0.25) is 0 Å². The molecule has 8 heteroatoms. The minimum atomic E-state index is -0.0958. The highest BCUT2D eigenvalue weighted by Gasteiger charge is 2.50. The summed E-state index contributed by atoms with van der Waals surface area (Å²) in [6.45, 7) is 2.31. The number of nitrogens with zero attached hydrogens (tertiary/aromatic N) is 3. The number of hydrogen-bond donors (Lipinski definition) is 2. The Hall–Kier alpha value is -2.13. The Labute approximate surface area is 204 Å². The van der Waals surface area contributed by atoms with E-state index in [1.165, 1.54) is 5.56 Å². The van der Waals surface area contributed by atoms with E-state index in [2.05, 4.69) is 57.3 Å². The number of carbonyl (C=O) groups excluding carboxylic acids is 1. The number of methoxy groups -OCH3 is 1. The molecule has 4 rings (SSSR count). The fourth-order valence-electron chi connectivity index (χ4n) is 5.09. The van der Waals surface area contributed by atoms with Crippen LogP contribution in [0.15, 0.2) is 53.0 Å². The second-order valence-electron chi connectivity index (χ2n) is 9.10. The van der Waals surface area contributed by atoms with Crippen LogP contribution in [0.3, 0.4) is 0 Å². The first kappa shape index (κ1) is 24.0. The Morgan fingerprint density at radius 2 is 1.85 bits per heavy atom. The van der Waals surface area contributed by atoms with Crippen LogP contribution in [-0.2, 0) is 0 Å². The van der Waals surface area contributed by atoms with Crippen LogP contribution in [0.5, 0.6) is 5.75 Å². The first-order valence-electron chi connectivity index (χ1n) is 11.4. The number of amides is 2. The molecular formula is C25H33BrN4O3. The van der Waals surface area contributed by atoms with Crippen molar-refractivity contribution in [2.75, 3.05) is 52.8 Å². The molecule has 33 heavy (non-hydrogen) atoms. The Kier molecular flexibility index (Phi) is 7.58. The molecule has 0 saturated carbocycles. The van der Waals surface area contributed by atoms with Crippen molar-refractivity contribution in [3.8, 4) is 5.75 Å². The largest absolute Gasteiger partial charge is 0.497 e. The summed E-state index contributed by atoms with van der Waals surface area (Å²) >= 11 is 3.52. The summed E-state index contributed by atoms with van der Waals surface area (Å²) < 4.78 is 6.25. The van der Waals surface area contributed by atoms with Crippen LogP contribution >= 0.6 is 15.9 Å². The highest BCUT2D eigenvalue weighted by Crippen LogP contribution is 2.42. The molecule has 2 aliphatic rings. The average molecular weight is 517 g/mol. The third kappa shape index (κ3) is 5.19. The first-order chi connectivity index (χ1) is 15.9. The number of fused-ring (bicyclic) bond motifs is 1. The van der Waals surface area contributed by atoms with Crippen molar-refractivity contribution < 1.29 is 14.6 Å². The molecule has 2 amide bonds. The van der Waals surface area contributed by atoms with Crippen LogP contribution in [0.2, 0.25) is 0 Å². The second kappa shape index (κ2) is 10.4. The molecule has 0 radical (unpaired) electrons. The average Bonchev–Trinajstić information content (AvgIpc) is 2.79. The Bertz CT molecular complexity index is 938. The summed E-state index contributed by atoms with van der Waals surface area (Å²) in [6.07, 6.45) is 0.882. The van der Waals surface area contributed by atoms with Gasteiger partial charge in [0.05, 0.1) is 13.7 Å². The van der Waals surface area contributed by atoms with Gasteiger partial charge in [-0.1, -0.05) is 28.1 Å². The maximum atomic E-state index is 13.3. The van der Waals surface area contributed by atoms with Crippen LogP contribution < -0.4 is 10.1 Å². The van der Waals surface area contributed by atoms with E-state index in [0.29, 0.717) is 19.1 Å². The fraction of sp³-hybridized carbons (Fsp3) is 0.480. The van der Waals surface area contributed by atoms with E-state index < -0.39 is 0 Å². The Balaban J connectivity index is 1.56. The van der Waals surface area contributed by atoms with Gasteiger partial charge in [-0.25, -0.2) is 4.79 Å². The number of carbonyl (C=O) groups is 1. The molecule has 2 aromatic carbocycles. The van der Waals surface area contributed by atoms with E-state index in [1.807, 2.05) is 41.3 Å². The van der Waals surface area contributed by atoms with Gasteiger partial charge in [0.25, 0.3) is 0 Å². The highest BCUT2D eigenvalue weighted by atomic mass is 79.9. The molecule has 0 aliphatic carbocycles. The number of urea groups is 1. The summed E-state index contributed by atoms with van der Waals surface area (Å²) in [4.78, 5) is 19.8. The lowest BCUT2D eigenvalue weighted by Gasteiger charge is -2.58. The summed E-state index contributed by atoms with van der Waals surface area (Å²) in [5.41, 5.74) is 1.95. The number of hydrogen-bond acceptors (Lipinski definition) is 5. The molecule has 4 atom stereocenters. The summed E-state index contributed by atoms with van der Waals surface area (Å²) in [6, 6.07) is 16.2. The minimum absolute atomic E-state index is 0.0585. The van der Waals surface area contributed by atoms with Gasteiger partial charge in [-0.3, -0.25) is 4.90 Å². The van der Waals surface area contributed by atoms with Gasteiger partial charge in [-0.05, 0) is 62.5 Å². The van der Waals surface area contributed by atoms with Gasteiger partial charge in [-0.2, -0.15) is 0 Å². The fourth-order valence-corrected chi connectivity index (χ4v) is 5.35. The number of likely N-dealkylation sites (N-methyl/N-ethyl adjacent to an activating group) is 1. The maximum Gasteiger partial charge on any atom is 0.321 e. The first-order valence-corrected chi connectivity index (χ1v) is 12.2. The number of aliphatic hydroxyl groups excluding tert-OH is 1. The third-order valence-electron chi connectivity index (χ3n) is 7.04. The number of rotatable bonds is 5. The minimum Gasteiger partial charge on any atom is -0.497 e. The number of ether oxygens (including phenoxy) is 1. The van der Waals surface area contributed by atoms with Crippen molar-refractivity contribution in [3.05, 3.63) is 58.6 Å². The summed E-state index contributed by atoms with van der Waals surface area (Å²) in [7, 11) is 5.80. The number of aliphatic hydroxyl groups is 1. The third-order valence-corrected chi connectivity index (χ3v) is 7.57. The summed E-state index contributed by atoms with van der Waals surface area (Å²) in [5.74, 6) is 0.936. The molecule has 2 aromatic rings. The maximum absolute atomic E-state index is 13.3. The molecule has 0 spiro atoms. The molecule has 2 fully saturated rings. The van der Waals surface area contributed by atoms with Gasteiger partial charge >= 0.3 is 6.03 Å². The normalized spacial score (nSPS) is 25.6. The van der Waals surface area contributed by atoms with E-state index in [4.69, 9.17) is 4.74 Å². The predicted octanol–water partition coefficient (Wildman–Crippen LogP) is 3.45. The Morgan fingerprint density at radius 1 is 1.15 bits per heavy atom. The molecule has 0 unspecified atom stereocenters. The van der Waals surface area contributed by atoms with Crippen LogP contribution in [0.4, 0.5) is 10.5 Å². The standard InChI is InChI=1S/C25H33BrN4O3/c1-28(2)20-12-13-29(25(32)27-19-8-10-21(33-3)11-9-19)15-22-24(23(16-31)30(22)14-20)17-4-6-18(26)7-5-17/h4-11,20,22-24,31H,12-16H2,1-3H3,(H,27,32)/t20-,22+,23-,24-/m1/s1. The van der Waals surface area contributed by atoms with Crippen molar-refractivity contribution >= 4 is 27.6 Å². The van der Waals surface area contributed by atoms with E-state index >= 15 is 0 Å². The lowest BCUT2D eigenvalue weighted by Crippen LogP contribution is -2.70. The van der Waals surface area contributed by atoms with E-state index in [0.717, 1.165) is 28.9 Å². The van der Waals surface area contributed by atoms with Crippen molar-refractivity contribution in [2.24, 2.45) is 0 Å². The second-order valence-corrected chi connectivity index (χ2v) is 10.0. The van der Waals surface area contributed by atoms with Gasteiger partial charge in [0.15, 0.2) is 0 Å². The van der Waals surface area contributed by atoms with Crippen LogP contribution in [-0.4, -0.2) is 91.4 Å². The van der Waals surface area contributed by atoms with Gasteiger partial charge < -0.3 is 25.0 Å². The Morgan fingerprint density at radius 3 is 2.45 bits per heavy atom. The highest BCUT2D eigenvalue weighted by molar-refractivity contribution is 9.10. The van der Waals surface area contributed by atoms with E-state index in [-0.39, 0.29) is 30.6 Å². The molecule has 2 heterocycles. The van der Waals surface area contributed by atoms with Crippen LogP contribution in [0, 0.1) is 0 Å². The predicted molar refractivity (Wildman–Crippen MR) is 134 cm³/mol. The van der Waals surface area contributed by atoms with E-state index in [9.17, 15) is 9.90 Å². The van der Waals surface area contributed by atoms with Crippen molar-refractivity contribution in [2.45, 2.75) is 30.5 Å². The quantitative estimate of drug-likeness (QED) is 0.636. The van der Waals surface area contributed by atoms with Crippen LogP contribution in [0.1, 0.15) is 17.9 Å². The molecule has 0 bridgehead atoms. The molecule has 2 aliphatic heterocycles. The molecule has 2 saturated heterocycles. The lowest BCUT2D eigenvalue weighted by molar-refractivity contribution is -0.0723. The van der Waals surface area contributed by atoms with Crippen molar-refractivity contribution in [1.29, 1.82) is 0 Å². The van der Waals surface area contributed by atoms with Crippen LogP contribution in [0.25, 0.3) is 0 Å². The number of anilines is 1. The van der Waals surface area contributed by atoms with Crippen molar-refractivity contribution in [3.63, 3.8) is 0 Å². The van der Waals surface area contributed by atoms with Gasteiger partial charge in [0, 0.05) is 53.8 Å².